The zero-order chi connectivity index (χ0) is 8.97. The van der Waals surface area contributed by atoms with Gasteiger partial charge in [0, 0.05) is 18.1 Å². The molecule has 0 saturated heterocycles. The molecule has 0 aromatic rings. The predicted octanol–water partition coefficient (Wildman–Crippen LogP) is -0.252. The van der Waals surface area contributed by atoms with Crippen molar-refractivity contribution in [1.29, 1.82) is 0 Å². The second kappa shape index (κ2) is 4.80. The zero-order valence-electron chi connectivity index (χ0n) is 8.22. The Morgan fingerprint density at radius 2 is 1.83 bits per heavy atom. The fourth-order valence-electron chi connectivity index (χ4n) is 2.03. The topological polar surface area (TPSA) is 36.1 Å². The maximum Gasteiger partial charge on any atom is 0.0375 e. The lowest BCUT2D eigenvalue weighted by molar-refractivity contribution is 0.294. The molecule has 0 bridgehead atoms. The molecule has 1 fully saturated rings. The second-order valence-corrected chi connectivity index (χ2v) is 3.34. The minimum Gasteiger partial charge on any atom is -0.315 e. The van der Waals surface area contributed by atoms with Crippen LogP contribution in [0.1, 0.15) is 12.8 Å². The van der Waals surface area contributed by atoms with Crippen LogP contribution in [-0.4, -0.2) is 39.3 Å². The van der Waals surface area contributed by atoms with Gasteiger partial charge in [-0.3, -0.25) is 0 Å². The van der Waals surface area contributed by atoms with Crippen LogP contribution in [0.5, 0.6) is 0 Å². The number of hydrogen-bond donors (Lipinski definition) is 3. The molecular weight excluding hydrogens is 150 g/mol. The van der Waals surface area contributed by atoms with Gasteiger partial charge in [-0.05, 0) is 40.4 Å². The van der Waals surface area contributed by atoms with Gasteiger partial charge in [0.1, 0.15) is 0 Å². The molecule has 1 saturated carbocycles. The zero-order valence-corrected chi connectivity index (χ0v) is 8.22. The third-order valence-corrected chi connectivity index (χ3v) is 2.76. The highest BCUT2D eigenvalue weighted by Gasteiger charge is 2.29. The smallest absolute Gasteiger partial charge is 0.0375 e. The van der Waals surface area contributed by atoms with Crippen molar-refractivity contribution < 1.29 is 0 Å². The number of hydrogen-bond acceptors (Lipinski definition) is 3. The first kappa shape index (κ1) is 9.96. The molecule has 1 rings (SSSR count). The molecule has 12 heavy (non-hydrogen) atoms. The highest BCUT2D eigenvalue weighted by molar-refractivity contribution is 5.02. The van der Waals surface area contributed by atoms with Gasteiger partial charge < -0.3 is 16.0 Å². The van der Waals surface area contributed by atoms with Crippen LogP contribution in [0.2, 0.25) is 0 Å². The standard InChI is InChI=1S/C9H20N3/c1-10-7-5-4-6-8(11-2)9(7)12-3/h5,7-12H,4,6H2,1-3H3. The third kappa shape index (κ3) is 1.97. The fraction of sp³-hybridized carbons (Fsp3) is 0.889. The van der Waals surface area contributed by atoms with E-state index in [1.165, 1.54) is 12.8 Å². The summed E-state index contributed by atoms with van der Waals surface area (Å²) in [4.78, 5) is 0. The van der Waals surface area contributed by atoms with Crippen molar-refractivity contribution in [3.05, 3.63) is 6.42 Å². The van der Waals surface area contributed by atoms with E-state index in [1.807, 2.05) is 21.1 Å². The number of likely N-dealkylation sites (N-methyl/N-ethyl adjacent to an activating group) is 3. The summed E-state index contributed by atoms with van der Waals surface area (Å²) in [6.45, 7) is 0. The van der Waals surface area contributed by atoms with Gasteiger partial charge in [-0.15, -0.1) is 0 Å². The lowest BCUT2D eigenvalue weighted by Gasteiger charge is -2.37. The average Bonchev–Trinajstić information content (AvgIpc) is 2.16. The molecular formula is C9H20N3. The molecule has 1 radical (unpaired) electrons. The normalized spacial score (nSPS) is 36.8. The molecule has 1 aliphatic carbocycles. The molecule has 1 aliphatic rings. The van der Waals surface area contributed by atoms with Crippen molar-refractivity contribution in [1.82, 2.24) is 16.0 Å². The van der Waals surface area contributed by atoms with Crippen LogP contribution in [-0.2, 0) is 0 Å². The Labute approximate surface area is 75.3 Å². The van der Waals surface area contributed by atoms with Gasteiger partial charge in [0.05, 0.1) is 0 Å². The van der Waals surface area contributed by atoms with E-state index in [0.717, 1.165) is 0 Å². The highest BCUT2D eigenvalue weighted by Crippen LogP contribution is 2.17. The summed E-state index contributed by atoms with van der Waals surface area (Å²) in [7, 11) is 6.08. The lowest BCUT2D eigenvalue weighted by Crippen LogP contribution is -2.58. The van der Waals surface area contributed by atoms with E-state index in [0.29, 0.717) is 18.1 Å². The molecule has 71 valence electrons. The molecule has 3 heteroatoms. The first-order chi connectivity index (χ1) is 5.83. The molecule has 3 unspecified atom stereocenters. The fourth-order valence-corrected chi connectivity index (χ4v) is 2.03. The highest BCUT2D eigenvalue weighted by atomic mass is 15.1. The molecule has 0 heterocycles. The maximum absolute atomic E-state index is 3.35. The van der Waals surface area contributed by atoms with Crippen molar-refractivity contribution in [2.24, 2.45) is 0 Å². The Bertz CT molecular complexity index is 115. The van der Waals surface area contributed by atoms with Crippen molar-refractivity contribution in [3.8, 4) is 0 Å². The second-order valence-electron chi connectivity index (χ2n) is 3.34. The van der Waals surface area contributed by atoms with E-state index >= 15 is 0 Å². The molecule has 3 N–H and O–H groups in total. The van der Waals surface area contributed by atoms with Gasteiger partial charge in [-0.25, -0.2) is 0 Å². The molecule has 3 atom stereocenters. The summed E-state index contributed by atoms with van der Waals surface area (Å²) in [6.07, 6.45) is 4.80. The first-order valence-electron chi connectivity index (χ1n) is 4.68. The first-order valence-corrected chi connectivity index (χ1v) is 4.68. The largest absolute Gasteiger partial charge is 0.315 e. The molecule has 0 aliphatic heterocycles. The summed E-state index contributed by atoms with van der Waals surface area (Å²) in [6, 6.07) is 1.62. The number of nitrogens with one attached hydrogen (secondary N) is 3. The van der Waals surface area contributed by atoms with Crippen molar-refractivity contribution in [2.75, 3.05) is 21.1 Å². The van der Waals surface area contributed by atoms with E-state index in [9.17, 15) is 0 Å². The van der Waals surface area contributed by atoms with Crippen LogP contribution in [0.4, 0.5) is 0 Å². The maximum atomic E-state index is 3.35. The monoisotopic (exact) mass is 170 g/mol. The Morgan fingerprint density at radius 3 is 2.33 bits per heavy atom. The van der Waals surface area contributed by atoms with E-state index in [-0.39, 0.29) is 0 Å². The van der Waals surface area contributed by atoms with Crippen molar-refractivity contribution >= 4 is 0 Å². The minimum absolute atomic E-state index is 0.501. The van der Waals surface area contributed by atoms with Gasteiger partial charge in [0.2, 0.25) is 0 Å². The number of rotatable bonds is 3. The van der Waals surface area contributed by atoms with Crippen LogP contribution in [0.3, 0.4) is 0 Å². The average molecular weight is 170 g/mol. The van der Waals surface area contributed by atoms with E-state index < -0.39 is 0 Å². The Balaban J connectivity index is 2.52. The lowest BCUT2D eigenvalue weighted by atomic mass is 9.86. The van der Waals surface area contributed by atoms with E-state index in [2.05, 4.69) is 22.4 Å². The molecule has 0 aromatic heterocycles. The molecule has 3 nitrogen and oxygen atoms in total. The van der Waals surface area contributed by atoms with Crippen LogP contribution >= 0.6 is 0 Å². The SMILES string of the molecule is CNC1[CH]CCC(NC)C1NC. The van der Waals surface area contributed by atoms with Crippen LogP contribution in [0.25, 0.3) is 0 Å². The third-order valence-electron chi connectivity index (χ3n) is 2.76. The molecule has 0 aromatic carbocycles. The molecule has 0 amide bonds. The Morgan fingerprint density at radius 1 is 1.08 bits per heavy atom. The van der Waals surface area contributed by atoms with Crippen molar-refractivity contribution in [2.45, 2.75) is 31.0 Å². The summed E-state index contributed by atoms with van der Waals surface area (Å²) >= 11 is 0. The summed E-state index contributed by atoms with van der Waals surface area (Å²) in [5, 5.41) is 10.0. The summed E-state index contributed by atoms with van der Waals surface area (Å²) < 4.78 is 0. The Hall–Kier alpha value is -0.120. The molecule has 0 spiro atoms. The predicted molar refractivity (Wildman–Crippen MR) is 52.1 cm³/mol. The van der Waals surface area contributed by atoms with Crippen LogP contribution in [0.15, 0.2) is 0 Å². The quantitative estimate of drug-likeness (QED) is 0.546. The van der Waals surface area contributed by atoms with E-state index in [4.69, 9.17) is 0 Å². The van der Waals surface area contributed by atoms with Crippen LogP contribution < -0.4 is 16.0 Å². The van der Waals surface area contributed by atoms with E-state index in [1.54, 1.807) is 0 Å². The van der Waals surface area contributed by atoms with Gasteiger partial charge in [0.15, 0.2) is 0 Å². The van der Waals surface area contributed by atoms with Gasteiger partial charge >= 0.3 is 0 Å². The summed E-state index contributed by atoms with van der Waals surface area (Å²) in [5.74, 6) is 0. The van der Waals surface area contributed by atoms with Gasteiger partial charge in [0.25, 0.3) is 0 Å². The van der Waals surface area contributed by atoms with Gasteiger partial charge in [-0.2, -0.15) is 0 Å². The summed E-state index contributed by atoms with van der Waals surface area (Å²) in [5.41, 5.74) is 0. The van der Waals surface area contributed by atoms with Gasteiger partial charge in [-0.1, -0.05) is 0 Å². The van der Waals surface area contributed by atoms with Crippen LogP contribution in [0, 0.1) is 6.42 Å². The van der Waals surface area contributed by atoms with Crippen molar-refractivity contribution in [3.63, 3.8) is 0 Å². The Kier molecular flexibility index (Phi) is 3.98. The minimum atomic E-state index is 0.501.